The average Bonchev–Trinajstić information content (AvgIpc) is 2.82. The molecule has 0 bridgehead atoms. The van der Waals surface area contributed by atoms with Crippen LogP contribution < -0.4 is 25.2 Å². The average molecular weight is 466 g/mol. The van der Waals surface area contributed by atoms with Gasteiger partial charge in [-0.05, 0) is 62.2 Å². The molecule has 0 spiro atoms. The number of rotatable bonds is 9. The Bertz CT molecular complexity index is 1280. The second kappa shape index (κ2) is 11.2. The molecule has 1 amide bonds. The lowest BCUT2D eigenvalue weighted by atomic mass is 10.1. The second-order valence-electron chi connectivity index (χ2n) is 7.53. The molecular formula is C26H27NO7. The van der Waals surface area contributed by atoms with Gasteiger partial charge in [0.2, 0.25) is 0 Å². The van der Waals surface area contributed by atoms with Gasteiger partial charge in [0.05, 0.1) is 13.7 Å². The first-order chi connectivity index (χ1) is 16.3. The van der Waals surface area contributed by atoms with Crippen molar-refractivity contribution in [2.45, 2.75) is 33.2 Å². The number of nitrogens with one attached hydrogen (secondary N) is 1. The van der Waals surface area contributed by atoms with E-state index >= 15 is 0 Å². The number of ether oxygens (including phenoxy) is 3. The summed E-state index contributed by atoms with van der Waals surface area (Å²) in [5.41, 5.74) is 0.0907. The monoisotopic (exact) mass is 465 g/mol. The predicted molar refractivity (Wildman–Crippen MR) is 129 cm³/mol. The van der Waals surface area contributed by atoms with Gasteiger partial charge in [0.25, 0.3) is 5.91 Å². The lowest BCUT2D eigenvalue weighted by molar-refractivity contribution is -0.128. The molecule has 34 heavy (non-hydrogen) atoms. The number of amides is 1. The Balaban J connectivity index is 1.73. The van der Waals surface area contributed by atoms with Crippen LogP contribution in [0.15, 0.2) is 57.8 Å². The standard InChI is InChI=1S/C26H27NO7/c1-5-16(3)27-25(29)20-14-18-9-10-19(15-22(18)34-26(20)30)33-24(28)12-8-17-7-11-21(32-6-2)23(13-17)31-4/h7-16H,5-6H2,1-4H3,(H,27,29)/b12-8+. The molecule has 0 fully saturated rings. The SMILES string of the molecule is CCOc1ccc(/C=C/C(=O)Oc2ccc3cc(C(=O)NC(C)CC)c(=O)oc3c2)cc1OC. The van der Waals surface area contributed by atoms with E-state index in [9.17, 15) is 14.4 Å². The summed E-state index contributed by atoms with van der Waals surface area (Å²) >= 11 is 0. The van der Waals surface area contributed by atoms with Crippen LogP contribution in [0.25, 0.3) is 17.0 Å². The smallest absolute Gasteiger partial charge is 0.349 e. The third-order valence-electron chi connectivity index (χ3n) is 5.06. The molecule has 8 heteroatoms. The highest BCUT2D eigenvalue weighted by atomic mass is 16.5. The van der Waals surface area contributed by atoms with Crippen molar-refractivity contribution in [3.05, 3.63) is 70.1 Å². The van der Waals surface area contributed by atoms with Crippen molar-refractivity contribution in [2.24, 2.45) is 0 Å². The van der Waals surface area contributed by atoms with Gasteiger partial charge in [0.1, 0.15) is 16.9 Å². The van der Waals surface area contributed by atoms with Gasteiger partial charge in [0, 0.05) is 23.6 Å². The van der Waals surface area contributed by atoms with Crippen LogP contribution in [0.4, 0.5) is 0 Å². The first kappa shape index (κ1) is 24.6. The quantitative estimate of drug-likeness (QED) is 0.217. The fraction of sp³-hybridized carbons (Fsp3) is 0.269. The summed E-state index contributed by atoms with van der Waals surface area (Å²) < 4.78 is 21.4. The van der Waals surface area contributed by atoms with Crippen LogP contribution in [0.5, 0.6) is 17.2 Å². The Morgan fingerprint density at radius 1 is 1.09 bits per heavy atom. The fourth-order valence-corrected chi connectivity index (χ4v) is 3.09. The van der Waals surface area contributed by atoms with Crippen molar-refractivity contribution in [1.82, 2.24) is 5.32 Å². The zero-order valence-corrected chi connectivity index (χ0v) is 19.5. The molecule has 1 heterocycles. The van der Waals surface area contributed by atoms with Gasteiger partial charge in [-0.2, -0.15) is 0 Å². The number of fused-ring (bicyclic) bond motifs is 1. The van der Waals surface area contributed by atoms with Crippen molar-refractivity contribution in [3.63, 3.8) is 0 Å². The van der Waals surface area contributed by atoms with Crippen molar-refractivity contribution < 1.29 is 28.2 Å². The highest BCUT2D eigenvalue weighted by Gasteiger charge is 2.16. The van der Waals surface area contributed by atoms with Crippen molar-refractivity contribution in [3.8, 4) is 17.2 Å². The highest BCUT2D eigenvalue weighted by Crippen LogP contribution is 2.28. The molecule has 0 saturated heterocycles. The molecule has 1 atom stereocenters. The van der Waals surface area contributed by atoms with Crippen LogP contribution in [0.2, 0.25) is 0 Å². The summed E-state index contributed by atoms with van der Waals surface area (Å²) in [7, 11) is 1.54. The van der Waals surface area contributed by atoms with Gasteiger partial charge in [-0.25, -0.2) is 9.59 Å². The van der Waals surface area contributed by atoms with Gasteiger partial charge < -0.3 is 23.9 Å². The van der Waals surface area contributed by atoms with Crippen LogP contribution in [0.3, 0.4) is 0 Å². The number of hydrogen-bond donors (Lipinski definition) is 1. The van der Waals surface area contributed by atoms with Gasteiger partial charge in [-0.15, -0.1) is 0 Å². The zero-order valence-electron chi connectivity index (χ0n) is 19.5. The van der Waals surface area contributed by atoms with Crippen LogP contribution in [0, 0.1) is 0 Å². The molecule has 0 aliphatic heterocycles. The Morgan fingerprint density at radius 3 is 2.59 bits per heavy atom. The van der Waals surface area contributed by atoms with E-state index in [1.165, 1.54) is 18.2 Å². The molecular weight excluding hydrogens is 438 g/mol. The molecule has 1 unspecified atom stereocenters. The summed E-state index contributed by atoms with van der Waals surface area (Å²) in [6, 6.07) is 11.3. The summed E-state index contributed by atoms with van der Waals surface area (Å²) in [5.74, 6) is 0.268. The van der Waals surface area contributed by atoms with Crippen LogP contribution in [0.1, 0.15) is 43.1 Å². The summed E-state index contributed by atoms with van der Waals surface area (Å²) in [6.45, 7) is 6.17. The minimum Gasteiger partial charge on any atom is -0.493 e. The van der Waals surface area contributed by atoms with Crippen molar-refractivity contribution >= 4 is 28.9 Å². The third kappa shape index (κ3) is 6.04. The molecule has 0 saturated carbocycles. The summed E-state index contributed by atoms with van der Waals surface area (Å²) in [6.07, 6.45) is 3.60. The lowest BCUT2D eigenvalue weighted by Gasteiger charge is -2.11. The van der Waals surface area contributed by atoms with Crippen LogP contribution in [-0.2, 0) is 4.79 Å². The Hall–Kier alpha value is -4.07. The fourth-order valence-electron chi connectivity index (χ4n) is 3.09. The first-order valence-corrected chi connectivity index (χ1v) is 10.9. The summed E-state index contributed by atoms with van der Waals surface area (Å²) in [4.78, 5) is 36.9. The highest BCUT2D eigenvalue weighted by molar-refractivity contribution is 5.97. The Morgan fingerprint density at radius 2 is 1.88 bits per heavy atom. The van der Waals surface area contributed by atoms with Crippen LogP contribution >= 0.6 is 0 Å². The molecule has 8 nitrogen and oxygen atoms in total. The molecule has 0 aliphatic rings. The predicted octanol–water partition coefficient (Wildman–Crippen LogP) is 4.35. The number of esters is 1. The minimum atomic E-state index is -0.763. The molecule has 178 valence electrons. The zero-order chi connectivity index (χ0) is 24.7. The molecule has 0 radical (unpaired) electrons. The number of carbonyl (C=O) groups excluding carboxylic acids is 2. The van der Waals surface area contributed by atoms with Gasteiger partial charge in [-0.3, -0.25) is 4.79 Å². The maximum Gasteiger partial charge on any atom is 0.349 e. The molecule has 2 aromatic carbocycles. The van der Waals surface area contributed by atoms with Crippen molar-refractivity contribution in [1.29, 1.82) is 0 Å². The molecule has 3 rings (SSSR count). The maximum atomic E-state index is 12.3. The van der Waals surface area contributed by atoms with E-state index in [2.05, 4.69) is 5.32 Å². The van der Waals surface area contributed by atoms with Gasteiger partial charge in [0.15, 0.2) is 11.5 Å². The maximum absolute atomic E-state index is 12.3. The number of benzene rings is 2. The Kier molecular flexibility index (Phi) is 8.08. The normalized spacial score (nSPS) is 11.9. The van der Waals surface area contributed by atoms with Crippen LogP contribution in [-0.4, -0.2) is 31.6 Å². The van der Waals surface area contributed by atoms with E-state index in [0.29, 0.717) is 23.5 Å². The minimum absolute atomic E-state index is 0.0684. The van der Waals surface area contributed by atoms with E-state index in [4.69, 9.17) is 18.6 Å². The molecule has 3 aromatic rings. The van der Waals surface area contributed by atoms with Crippen molar-refractivity contribution in [2.75, 3.05) is 13.7 Å². The largest absolute Gasteiger partial charge is 0.493 e. The van der Waals surface area contributed by atoms with E-state index in [1.807, 2.05) is 20.8 Å². The first-order valence-electron chi connectivity index (χ1n) is 10.9. The van der Waals surface area contributed by atoms with E-state index < -0.39 is 17.5 Å². The molecule has 1 aromatic heterocycles. The summed E-state index contributed by atoms with van der Waals surface area (Å²) in [5, 5.41) is 3.28. The molecule has 0 aliphatic carbocycles. The lowest BCUT2D eigenvalue weighted by Crippen LogP contribution is -2.34. The van der Waals surface area contributed by atoms with E-state index in [1.54, 1.807) is 43.5 Å². The van der Waals surface area contributed by atoms with Gasteiger partial charge in [-0.1, -0.05) is 13.0 Å². The topological polar surface area (TPSA) is 104 Å². The van der Waals surface area contributed by atoms with E-state index in [0.717, 1.165) is 12.0 Å². The van der Waals surface area contributed by atoms with E-state index in [-0.39, 0.29) is 22.9 Å². The number of carbonyl (C=O) groups is 2. The van der Waals surface area contributed by atoms with Gasteiger partial charge >= 0.3 is 11.6 Å². The number of methoxy groups -OCH3 is 1. The Labute approximate surface area is 197 Å². The number of hydrogen-bond acceptors (Lipinski definition) is 7. The second-order valence-corrected chi connectivity index (χ2v) is 7.53. The molecule has 1 N–H and O–H groups in total. The third-order valence-corrected chi connectivity index (χ3v) is 5.06.